The average Bonchev–Trinajstić information content (AvgIpc) is 3.46. The van der Waals surface area contributed by atoms with Crippen molar-refractivity contribution in [1.82, 2.24) is 0 Å². The number of aryl methyl sites for hydroxylation is 1. The predicted molar refractivity (Wildman–Crippen MR) is 272 cm³/mol. The fraction of sp³-hybridized carbons (Fsp3) is 0.600. The van der Waals surface area contributed by atoms with Crippen molar-refractivity contribution in [3.05, 3.63) is 56.2 Å². The van der Waals surface area contributed by atoms with Gasteiger partial charge in [-0.05, 0) is 90.7 Å². The number of unbranched alkanes of at least 4 members (excludes halogenated alkanes) is 4. The van der Waals surface area contributed by atoms with Gasteiger partial charge in [0.25, 0.3) is 0 Å². The van der Waals surface area contributed by atoms with E-state index in [0.29, 0.717) is 5.92 Å². The van der Waals surface area contributed by atoms with E-state index in [1.54, 1.807) is 0 Å². The maximum absolute atomic E-state index is 9.90. The summed E-state index contributed by atoms with van der Waals surface area (Å²) in [6.07, 6.45) is 6.16. The Kier molecular flexibility index (Phi) is 26.8. The molecule has 23 heteroatoms. The lowest BCUT2D eigenvalue weighted by molar-refractivity contribution is 0.388. The molecule has 1 heterocycles. The van der Waals surface area contributed by atoms with Gasteiger partial charge in [-0.1, -0.05) is 93.8 Å². The number of halogens is 1. The summed E-state index contributed by atoms with van der Waals surface area (Å²) >= 11 is 15.1. The topological polar surface area (TPSA) is 23.8 Å². The number of thiophene rings is 1. The molecule has 0 saturated carbocycles. The molecule has 0 aliphatic heterocycles. The number of thiocarbonyl (C=S) groups is 1. The Balaban J connectivity index is 0.000000659. The average molecular weight is 810 g/mol. The lowest BCUT2D eigenvalue weighted by Gasteiger charge is -2.37. The van der Waals surface area contributed by atoms with Gasteiger partial charge in [0.15, 0.2) is 0 Å². The van der Waals surface area contributed by atoms with Crippen LogP contribution in [0.1, 0.15) is 106 Å². The van der Waals surface area contributed by atoms with Gasteiger partial charge in [-0.25, -0.2) is 0 Å². The van der Waals surface area contributed by atoms with Crippen molar-refractivity contribution < 1.29 is 0 Å². The van der Waals surface area contributed by atoms with Crippen molar-refractivity contribution in [1.29, 1.82) is 5.26 Å². The molecule has 53 heavy (non-hydrogen) atoms. The molecule has 0 aliphatic rings. The molecule has 2 unspecified atom stereocenters. The third kappa shape index (κ3) is 19.4. The van der Waals surface area contributed by atoms with Crippen molar-refractivity contribution >= 4 is 187 Å². The fourth-order valence-corrected chi connectivity index (χ4v) is 11.5. The van der Waals surface area contributed by atoms with E-state index >= 15 is 0 Å². The Morgan fingerprint density at radius 2 is 1.47 bits per heavy atom. The van der Waals surface area contributed by atoms with Gasteiger partial charge in [0.05, 0.1) is 15.3 Å². The summed E-state index contributed by atoms with van der Waals surface area (Å²) in [6, 6.07) is 15.7. The highest BCUT2D eigenvalue weighted by Gasteiger charge is 2.40. The minimum absolute atomic E-state index is 0.213. The molecule has 2 aromatic rings. The first-order valence-electron chi connectivity index (χ1n) is 18.8. The smallest absolute Gasteiger partial charge is 0.104 e. The maximum atomic E-state index is 9.90. The number of rotatable bonds is 22. The highest BCUT2D eigenvalue weighted by molar-refractivity contribution is 9.11. The van der Waals surface area contributed by atoms with E-state index in [2.05, 4.69) is 86.1 Å². The Bertz CT molecular complexity index is 1340. The summed E-state index contributed by atoms with van der Waals surface area (Å²) in [6.45, 7) is 10.3. The van der Waals surface area contributed by atoms with Crippen LogP contribution in [0, 0.1) is 16.7 Å². The Morgan fingerprint density at radius 3 is 1.98 bits per heavy atom. The number of benzene rings is 1. The Morgan fingerprint density at radius 1 is 0.887 bits per heavy atom. The van der Waals surface area contributed by atoms with Gasteiger partial charge < -0.3 is 0 Å². The zero-order valence-corrected chi connectivity index (χ0v) is 37.3. The third-order valence-electron chi connectivity index (χ3n) is 9.60. The lowest BCUT2D eigenvalue weighted by atomic mass is 8.46. The zero-order chi connectivity index (χ0) is 40.3. The van der Waals surface area contributed by atoms with E-state index < -0.39 is 38.3 Å². The van der Waals surface area contributed by atoms with Crippen molar-refractivity contribution in [2.24, 2.45) is 5.41 Å². The first-order chi connectivity index (χ1) is 24.9. The van der Waals surface area contributed by atoms with Gasteiger partial charge >= 0.3 is 0 Å². The summed E-state index contributed by atoms with van der Waals surface area (Å²) < 4.78 is 2.24. The van der Waals surface area contributed by atoms with E-state index in [4.69, 9.17) is 81.9 Å². The van der Waals surface area contributed by atoms with Gasteiger partial charge in [-0.2, -0.15) is 5.26 Å². The number of nitrogens with zero attached hydrogens (tertiary/aromatic N) is 1. The monoisotopic (exact) mass is 811 g/mol. The molecule has 0 amide bonds. The van der Waals surface area contributed by atoms with Crippen LogP contribution in [0.25, 0.3) is 0 Å². The van der Waals surface area contributed by atoms with E-state index in [1.807, 2.05) is 41.7 Å². The van der Waals surface area contributed by atoms with Crippen molar-refractivity contribution in [3.8, 4) is 6.07 Å². The number of hydrogen-bond acceptors (Lipinski definition) is 5. The second kappa shape index (κ2) is 27.5. The summed E-state index contributed by atoms with van der Waals surface area (Å²) in [4.78, 5) is 1.46. The molecule has 0 saturated heterocycles. The maximum Gasteiger partial charge on any atom is 0.104 e. The third-order valence-corrected chi connectivity index (χ3v) is 14.4. The highest BCUT2D eigenvalue weighted by Crippen LogP contribution is 2.47. The van der Waals surface area contributed by atoms with E-state index in [9.17, 15) is 5.26 Å². The molecule has 2 atom stereocenters. The quantitative estimate of drug-likeness (QED) is 0.0899. The number of nitriles is 1. The molecular weight excluding hydrogens is 766 g/mol. The van der Waals surface area contributed by atoms with Gasteiger partial charge in [-0.3, -0.25) is 0 Å². The van der Waals surface area contributed by atoms with E-state index in [0.717, 1.165) is 28.5 Å². The molecule has 18 radical (unpaired) electrons. The van der Waals surface area contributed by atoms with Crippen LogP contribution < -0.4 is 0 Å². The second-order valence-corrected chi connectivity index (χ2v) is 20.7. The molecule has 0 fully saturated rings. The predicted octanol–water partition coefficient (Wildman–Crippen LogP) is 5.45. The van der Waals surface area contributed by atoms with Gasteiger partial charge in [0.1, 0.15) is 3.53 Å². The van der Waals surface area contributed by atoms with Crippen molar-refractivity contribution in [2.75, 3.05) is 5.75 Å². The first kappa shape index (κ1) is 51.8. The highest BCUT2D eigenvalue weighted by atomic mass is 79.9. The van der Waals surface area contributed by atoms with Crippen LogP contribution in [0.15, 0.2) is 40.2 Å². The molecule has 1 aromatic carbocycles. The molecule has 250 valence electrons. The molecule has 2 rings (SSSR count). The summed E-state index contributed by atoms with van der Waals surface area (Å²) in [5.74, 6) is 1.41. The van der Waals surface area contributed by atoms with Crippen molar-refractivity contribution in [3.63, 3.8) is 0 Å². The van der Waals surface area contributed by atoms with Crippen LogP contribution in [0.3, 0.4) is 0 Å². The lowest BCUT2D eigenvalue weighted by Crippen LogP contribution is -2.74. The molecule has 0 spiro atoms. The molecule has 1 nitrogen and oxygen atoms in total. The summed E-state index contributed by atoms with van der Waals surface area (Å²) in [5, 5.41) is 10.2. The Hall–Kier alpha value is 0.784. The van der Waals surface area contributed by atoms with Gasteiger partial charge in [-0.15, -0.1) is 29.9 Å². The van der Waals surface area contributed by atoms with Crippen LogP contribution in [-0.2, 0) is 6.42 Å². The van der Waals surface area contributed by atoms with Crippen LogP contribution in [0.2, 0.25) is 6.82 Å². The zero-order valence-electron chi connectivity index (χ0n) is 32.5. The van der Waals surface area contributed by atoms with Crippen LogP contribution in [-0.4, -0.2) is 130 Å². The standard InChI is InChI=1S/C29H40BrNS4.CH3B17/c1-5-7-9-11-16-23-19-26(30)35-27(23)24(20-29(3,4)21-31)18-25(22-14-12-10-13-15-22)34-28(32)33-17-8-6-2;1-11(17(13(4)5)14(6)7)18(15(8)9)16(10)12(2)3/h10,12-15,19,24-25H,5-9,11,16-18,20H2,1-4H3;1H3. The van der Waals surface area contributed by atoms with Gasteiger partial charge in [0, 0.05) is 131 Å². The molecule has 0 N–H and O–H groups in total. The fourth-order valence-electron chi connectivity index (χ4n) is 6.69. The second-order valence-electron chi connectivity index (χ2n) is 14.8. The number of thioether (sulfide) groups is 2. The number of hydrogen-bond donors (Lipinski definition) is 0. The van der Waals surface area contributed by atoms with Crippen LogP contribution in [0.4, 0.5) is 0 Å². The largest absolute Gasteiger partial charge is 0.198 e. The minimum atomic E-state index is -0.754. The Labute approximate surface area is 366 Å². The first-order valence-corrected chi connectivity index (χ1v) is 22.7. The van der Waals surface area contributed by atoms with Crippen molar-refractivity contribution in [2.45, 2.75) is 103 Å². The van der Waals surface area contributed by atoms with E-state index in [1.165, 1.54) is 58.3 Å². The van der Waals surface area contributed by atoms with E-state index in [-0.39, 0.29) is 23.5 Å². The summed E-state index contributed by atoms with van der Waals surface area (Å²) in [5.41, 5.74) is 2.42. The molecule has 1 aromatic heterocycles. The molecule has 0 aliphatic carbocycles. The summed E-state index contributed by atoms with van der Waals surface area (Å²) in [7, 11) is 51.3. The van der Waals surface area contributed by atoms with Crippen LogP contribution in [0.5, 0.6) is 0 Å². The SMILES string of the molecule is CCCCCCc1cc(Br)sc1C(CC(SC(=S)SCCCC)c1ccccc1)CC(C)(C)C#N.[B]B([B])B([B])B(B([B])[B])B(C)B(B([B])[B])B([B])[B]. The minimum Gasteiger partial charge on any atom is -0.198 e. The normalized spacial score (nSPS) is 11.9. The molecule has 0 bridgehead atoms. The molecular formula is C30H43B17BrNS4. The van der Waals surface area contributed by atoms with Crippen LogP contribution >= 0.6 is 63.0 Å². The van der Waals surface area contributed by atoms with Gasteiger partial charge in [0.2, 0.25) is 0 Å².